The molecule has 1 rings (SSSR count). The fourth-order valence-corrected chi connectivity index (χ4v) is 2.93. The molecule has 1 saturated carbocycles. The van der Waals surface area contributed by atoms with Crippen LogP contribution in [-0.4, -0.2) is 0 Å². The lowest BCUT2D eigenvalue weighted by molar-refractivity contribution is 0.105. The lowest BCUT2D eigenvalue weighted by Crippen LogP contribution is -2.30. The minimum absolute atomic E-state index is 0.604. The van der Waals surface area contributed by atoms with Gasteiger partial charge in [-0.1, -0.05) is 34.6 Å². The predicted molar refractivity (Wildman–Crippen MR) is 55.1 cm³/mol. The second-order valence-electron chi connectivity index (χ2n) is 5.92. The molecule has 0 amide bonds. The summed E-state index contributed by atoms with van der Waals surface area (Å²) in [7, 11) is 0. The van der Waals surface area contributed by atoms with Crippen molar-refractivity contribution in [3.63, 3.8) is 0 Å². The first-order valence-electron chi connectivity index (χ1n) is 5.41. The Bertz CT molecular complexity index is 144. The molecule has 0 heteroatoms. The Hall–Kier alpha value is 0. The van der Waals surface area contributed by atoms with Gasteiger partial charge in [0.2, 0.25) is 0 Å². The highest BCUT2D eigenvalue weighted by Crippen LogP contribution is 2.44. The smallest absolute Gasteiger partial charge is 0.0349 e. The molecule has 0 N–H and O–H groups in total. The first-order chi connectivity index (χ1) is 5.41. The summed E-state index contributed by atoms with van der Waals surface area (Å²) in [4.78, 5) is 0. The molecule has 0 spiro atoms. The van der Waals surface area contributed by atoms with Crippen molar-refractivity contribution < 1.29 is 0 Å². The molecule has 1 aliphatic carbocycles. The normalized spacial score (nSPS) is 35.5. The van der Waals surface area contributed by atoms with E-state index in [0.717, 1.165) is 17.8 Å². The second kappa shape index (κ2) is 3.40. The third-order valence-corrected chi connectivity index (χ3v) is 3.36. The van der Waals surface area contributed by atoms with Crippen LogP contribution in [0.1, 0.15) is 53.9 Å². The van der Waals surface area contributed by atoms with Gasteiger partial charge in [0.25, 0.3) is 0 Å². The van der Waals surface area contributed by atoms with Gasteiger partial charge in [-0.25, -0.2) is 0 Å². The predicted octanol–water partition coefficient (Wildman–Crippen LogP) is 4.10. The molecule has 1 fully saturated rings. The second-order valence-corrected chi connectivity index (χ2v) is 5.92. The molecule has 2 unspecified atom stereocenters. The quantitative estimate of drug-likeness (QED) is 0.553. The molecule has 0 aromatic rings. The van der Waals surface area contributed by atoms with Crippen LogP contribution in [-0.2, 0) is 0 Å². The molecule has 72 valence electrons. The molecule has 1 aliphatic rings. The summed E-state index contributed by atoms with van der Waals surface area (Å²) >= 11 is 0. The molecule has 0 aliphatic heterocycles. The number of hydrogen-bond donors (Lipinski definition) is 0. The van der Waals surface area contributed by atoms with Crippen LogP contribution in [0.25, 0.3) is 0 Å². The van der Waals surface area contributed by atoms with E-state index in [-0.39, 0.29) is 0 Å². The van der Waals surface area contributed by atoms with Crippen molar-refractivity contribution in [1.82, 2.24) is 0 Å². The van der Waals surface area contributed by atoms with Gasteiger partial charge in [-0.2, -0.15) is 0 Å². The van der Waals surface area contributed by atoms with Crippen molar-refractivity contribution in [2.45, 2.75) is 53.9 Å². The highest BCUT2D eigenvalue weighted by Gasteiger charge is 2.32. The average molecular weight is 168 g/mol. The van der Waals surface area contributed by atoms with E-state index in [4.69, 9.17) is 0 Å². The Balaban J connectivity index is 2.58. The largest absolute Gasteiger partial charge is 0.0625 e. The van der Waals surface area contributed by atoms with Crippen molar-refractivity contribution >= 4 is 0 Å². The molecular formula is C12H24. The van der Waals surface area contributed by atoms with Crippen molar-refractivity contribution in [1.29, 1.82) is 0 Å². The fraction of sp³-hybridized carbons (Fsp3) is 1.00. The highest BCUT2D eigenvalue weighted by atomic mass is 14.4. The summed E-state index contributed by atoms with van der Waals surface area (Å²) in [6, 6.07) is 0. The van der Waals surface area contributed by atoms with Crippen LogP contribution in [0.5, 0.6) is 0 Å². The fourth-order valence-electron chi connectivity index (χ4n) is 2.93. The third kappa shape index (κ3) is 2.50. The maximum absolute atomic E-state index is 2.43. The van der Waals surface area contributed by atoms with Crippen LogP contribution >= 0.6 is 0 Å². The standard InChI is InChI=1S/C12H24/c1-9(2)11-6-10(3)7-12(4,5)8-11/h9-11H,6-8H2,1-5H3. The lowest BCUT2D eigenvalue weighted by Gasteiger charge is -2.40. The van der Waals surface area contributed by atoms with Gasteiger partial charge >= 0.3 is 0 Å². The van der Waals surface area contributed by atoms with Gasteiger partial charge in [-0.05, 0) is 42.4 Å². The molecule has 12 heavy (non-hydrogen) atoms. The molecular weight excluding hydrogens is 144 g/mol. The van der Waals surface area contributed by atoms with Crippen LogP contribution in [0.2, 0.25) is 0 Å². The van der Waals surface area contributed by atoms with Crippen molar-refractivity contribution in [3.05, 3.63) is 0 Å². The van der Waals surface area contributed by atoms with Gasteiger partial charge < -0.3 is 0 Å². The zero-order valence-corrected chi connectivity index (χ0v) is 9.35. The topological polar surface area (TPSA) is 0 Å². The highest BCUT2D eigenvalue weighted by molar-refractivity contribution is 4.83. The van der Waals surface area contributed by atoms with Crippen LogP contribution in [0, 0.1) is 23.2 Å². The molecule has 0 nitrogen and oxygen atoms in total. The Morgan fingerprint density at radius 3 is 2.17 bits per heavy atom. The van der Waals surface area contributed by atoms with E-state index in [9.17, 15) is 0 Å². The van der Waals surface area contributed by atoms with E-state index < -0.39 is 0 Å². The zero-order chi connectivity index (χ0) is 9.35. The molecule has 0 radical (unpaired) electrons. The summed E-state index contributed by atoms with van der Waals surface area (Å²) in [6.07, 6.45) is 4.33. The lowest BCUT2D eigenvalue weighted by atomic mass is 9.65. The maximum atomic E-state index is 2.43. The summed E-state index contributed by atoms with van der Waals surface area (Å²) in [5, 5.41) is 0. The third-order valence-electron chi connectivity index (χ3n) is 3.36. The summed E-state index contributed by atoms with van der Waals surface area (Å²) < 4.78 is 0. The zero-order valence-electron chi connectivity index (χ0n) is 9.35. The molecule has 0 aromatic heterocycles. The van der Waals surface area contributed by atoms with E-state index in [1.165, 1.54) is 19.3 Å². The molecule has 0 aromatic carbocycles. The van der Waals surface area contributed by atoms with Crippen LogP contribution in [0.4, 0.5) is 0 Å². The summed E-state index contributed by atoms with van der Waals surface area (Å²) in [5.41, 5.74) is 0.604. The SMILES string of the molecule is CC1CC(C(C)C)CC(C)(C)C1. The van der Waals surface area contributed by atoms with Gasteiger partial charge in [0, 0.05) is 0 Å². The van der Waals surface area contributed by atoms with Gasteiger partial charge in [-0.3, -0.25) is 0 Å². The van der Waals surface area contributed by atoms with Gasteiger partial charge in [0.1, 0.15) is 0 Å². The van der Waals surface area contributed by atoms with Crippen molar-refractivity contribution in [2.24, 2.45) is 23.2 Å². The summed E-state index contributed by atoms with van der Waals surface area (Å²) in [5.74, 6) is 2.80. The maximum Gasteiger partial charge on any atom is -0.0349 e. The Labute approximate surface area is 77.7 Å². The minimum Gasteiger partial charge on any atom is -0.0625 e. The van der Waals surface area contributed by atoms with Gasteiger partial charge in [-0.15, -0.1) is 0 Å². The van der Waals surface area contributed by atoms with Crippen LogP contribution < -0.4 is 0 Å². The van der Waals surface area contributed by atoms with Gasteiger partial charge in [0.05, 0.1) is 0 Å². The number of rotatable bonds is 1. The van der Waals surface area contributed by atoms with E-state index in [0.29, 0.717) is 5.41 Å². The van der Waals surface area contributed by atoms with E-state index in [1.54, 1.807) is 0 Å². The average Bonchev–Trinajstić information content (AvgIpc) is 1.82. The van der Waals surface area contributed by atoms with E-state index in [2.05, 4.69) is 34.6 Å². The monoisotopic (exact) mass is 168 g/mol. The number of hydrogen-bond acceptors (Lipinski definition) is 0. The Kier molecular flexibility index (Phi) is 2.85. The Morgan fingerprint density at radius 2 is 1.75 bits per heavy atom. The van der Waals surface area contributed by atoms with E-state index >= 15 is 0 Å². The molecule has 0 heterocycles. The first kappa shape index (κ1) is 10.1. The van der Waals surface area contributed by atoms with Crippen LogP contribution in [0.3, 0.4) is 0 Å². The molecule has 0 saturated heterocycles. The van der Waals surface area contributed by atoms with Gasteiger partial charge in [0.15, 0.2) is 0 Å². The molecule has 0 bridgehead atoms. The van der Waals surface area contributed by atoms with Crippen molar-refractivity contribution in [2.75, 3.05) is 0 Å². The molecule has 2 atom stereocenters. The van der Waals surface area contributed by atoms with Crippen molar-refractivity contribution in [3.8, 4) is 0 Å². The Morgan fingerprint density at radius 1 is 1.17 bits per heavy atom. The summed E-state index contributed by atoms with van der Waals surface area (Å²) in [6.45, 7) is 12.0. The minimum atomic E-state index is 0.604. The first-order valence-corrected chi connectivity index (χ1v) is 5.41. The van der Waals surface area contributed by atoms with E-state index in [1.807, 2.05) is 0 Å². The van der Waals surface area contributed by atoms with Crippen LogP contribution in [0.15, 0.2) is 0 Å².